The van der Waals surface area contributed by atoms with Crippen molar-refractivity contribution < 1.29 is 19.1 Å². The topological polar surface area (TPSA) is 76.7 Å². The van der Waals surface area contributed by atoms with Gasteiger partial charge in [-0.05, 0) is 56.3 Å². The Morgan fingerprint density at radius 3 is 2.35 bits per heavy atom. The third-order valence-electron chi connectivity index (χ3n) is 4.99. The van der Waals surface area contributed by atoms with Crippen LogP contribution in [0.15, 0.2) is 66.7 Å². The SMILES string of the molecule is CCOc1cc2c(cc1NC(=O)c1ccc(NC(=O)c3ccccc3)cc1)OC(C)C2. The van der Waals surface area contributed by atoms with E-state index in [4.69, 9.17) is 9.47 Å². The molecule has 0 saturated heterocycles. The van der Waals surface area contributed by atoms with Crippen molar-refractivity contribution in [1.82, 2.24) is 0 Å². The molecule has 1 aliphatic heterocycles. The smallest absolute Gasteiger partial charge is 0.255 e. The fraction of sp³-hybridized carbons (Fsp3) is 0.200. The van der Waals surface area contributed by atoms with Gasteiger partial charge in [-0.1, -0.05) is 18.2 Å². The predicted octanol–water partition coefficient (Wildman–Crippen LogP) is 4.91. The van der Waals surface area contributed by atoms with Gasteiger partial charge in [-0.3, -0.25) is 9.59 Å². The Labute approximate surface area is 181 Å². The van der Waals surface area contributed by atoms with E-state index in [2.05, 4.69) is 10.6 Å². The summed E-state index contributed by atoms with van der Waals surface area (Å²) in [6, 6.07) is 19.4. The first-order chi connectivity index (χ1) is 15.0. The molecule has 0 spiro atoms. The monoisotopic (exact) mass is 416 g/mol. The Bertz CT molecular complexity index is 1090. The second kappa shape index (κ2) is 8.92. The van der Waals surface area contributed by atoms with Gasteiger partial charge in [0.2, 0.25) is 0 Å². The highest BCUT2D eigenvalue weighted by molar-refractivity contribution is 6.06. The van der Waals surface area contributed by atoms with Crippen molar-refractivity contribution >= 4 is 23.2 Å². The summed E-state index contributed by atoms with van der Waals surface area (Å²) >= 11 is 0. The van der Waals surface area contributed by atoms with Crippen molar-refractivity contribution in [3.8, 4) is 11.5 Å². The minimum absolute atomic E-state index is 0.106. The zero-order valence-corrected chi connectivity index (χ0v) is 17.5. The molecule has 0 aliphatic carbocycles. The van der Waals surface area contributed by atoms with Crippen LogP contribution >= 0.6 is 0 Å². The summed E-state index contributed by atoms with van der Waals surface area (Å²) in [7, 11) is 0. The summed E-state index contributed by atoms with van der Waals surface area (Å²) in [5, 5.41) is 5.74. The first kappa shape index (κ1) is 20.5. The molecule has 0 bridgehead atoms. The van der Waals surface area contributed by atoms with Crippen molar-refractivity contribution in [2.24, 2.45) is 0 Å². The number of carbonyl (C=O) groups is 2. The molecule has 0 radical (unpaired) electrons. The summed E-state index contributed by atoms with van der Waals surface area (Å²) in [5.41, 5.74) is 3.30. The van der Waals surface area contributed by atoms with Crippen LogP contribution in [-0.2, 0) is 6.42 Å². The van der Waals surface area contributed by atoms with Crippen LogP contribution in [0.3, 0.4) is 0 Å². The Morgan fingerprint density at radius 2 is 1.65 bits per heavy atom. The van der Waals surface area contributed by atoms with Gasteiger partial charge in [0.15, 0.2) is 0 Å². The molecular formula is C25H24N2O4. The third-order valence-corrected chi connectivity index (χ3v) is 4.99. The Balaban J connectivity index is 1.47. The molecule has 6 nitrogen and oxygen atoms in total. The molecular weight excluding hydrogens is 392 g/mol. The Kier molecular flexibility index (Phi) is 5.89. The number of fused-ring (bicyclic) bond motifs is 1. The average Bonchev–Trinajstić information content (AvgIpc) is 3.14. The van der Waals surface area contributed by atoms with Crippen LogP contribution in [0.25, 0.3) is 0 Å². The molecule has 2 amide bonds. The lowest BCUT2D eigenvalue weighted by Crippen LogP contribution is -2.14. The first-order valence-corrected chi connectivity index (χ1v) is 10.3. The van der Waals surface area contributed by atoms with Crippen molar-refractivity contribution in [1.29, 1.82) is 0 Å². The van der Waals surface area contributed by atoms with E-state index in [9.17, 15) is 9.59 Å². The van der Waals surface area contributed by atoms with Crippen molar-refractivity contribution in [3.63, 3.8) is 0 Å². The second-order valence-electron chi connectivity index (χ2n) is 7.37. The highest BCUT2D eigenvalue weighted by atomic mass is 16.5. The molecule has 0 fully saturated rings. The Hall–Kier alpha value is -3.80. The van der Waals surface area contributed by atoms with Gasteiger partial charge in [0.1, 0.15) is 17.6 Å². The molecule has 6 heteroatoms. The number of rotatable bonds is 6. The summed E-state index contributed by atoms with van der Waals surface area (Å²) in [4.78, 5) is 25.1. The molecule has 0 saturated carbocycles. The maximum absolute atomic E-state index is 12.8. The van der Waals surface area contributed by atoms with Gasteiger partial charge in [0.05, 0.1) is 12.3 Å². The van der Waals surface area contributed by atoms with E-state index < -0.39 is 0 Å². The van der Waals surface area contributed by atoms with E-state index in [1.807, 2.05) is 44.2 Å². The first-order valence-electron chi connectivity index (χ1n) is 10.3. The molecule has 3 aromatic carbocycles. The number of hydrogen-bond acceptors (Lipinski definition) is 4. The zero-order chi connectivity index (χ0) is 21.8. The van der Waals surface area contributed by atoms with E-state index in [-0.39, 0.29) is 17.9 Å². The number of ether oxygens (including phenoxy) is 2. The van der Waals surface area contributed by atoms with Crippen molar-refractivity contribution in [2.75, 3.05) is 17.2 Å². The van der Waals surface area contributed by atoms with Crippen LogP contribution < -0.4 is 20.1 Å². The fourth-order valence-electron chi connectivity index (χ4n) is 3.50. The number of anilines is 2. The van der Waals surface area contributed by atoms with E-state index in [1.165, 1.54) is 0 Å². The number of carbonyl (C=O) groups excluding carboxylic acids is 2. The average molecular weight is 416 g/mol. The van der Waals surface area contributed by atoms with Gasteiger partial charge in [-0.2, -0.15) is 0 Å². The molecule has 3 aromatic rings. The van der Waals surface area contributed by atoms with Crippen LogP contribution in [0.2, 0.25) is 0 Å². The summed E-state index contributed by atoms with van der Waals surface area (Å²) in [6.45, 7) is 4.41. The van der Waals surface area contributed by atoms with Gasteiger partial charge in [0.25, 0.3) is 11.8 Å². The molecule has 0 aromatic heterocycles. The van der Waals surface area contributed by atoms with Gasteiger partial charge < -0.3 is 20.1 Å². The molecule has 158 valence electrons. The third kappa shape index (κ3) is 4.69. The number of benzene rings is 3. The van der Waals surface area contributed by atoms with Crippen LogP contribution in [-0.4, -0.2) is 24.5 Å². The molecule has 1 atom stereocenters. The molecule has 1 aliphatic rings. The van der Waals surface area contributed by atoms with E-state index in [1.54, 1.807) is 36.4 Å². The van der Waals surface area contributed by atoms with Crippen LogP contribution in [0, 0.1) is 0 Å². The summed E-state index contributed by atoms with van der Waals surface area (Å²) < 4.78 is 11.5. The number of nitrogens with one attached hydrogen (secondary N) is 2. The minimum atomic E-state index is -0.270. The fourth-order valence-corrected chi connectivity index (χ4v) is 3.50. The lowest BCUT2D eigenvalue weighted by atomic mass is 10.1. The molecule has 1 unspecified atom stereocenters. The van der Waals surface area contributed by atoms with Gasteiger partial charge >= 0.3 is 0 Å². The maximum atomic E-state index is 12.8. The predicted molar refractivity (Wildman–Crippen MR) is 120 cm³/mol. The van der Waals surface area contributed by atoms with E-state index >= 15 is 0 Å². The van der Waals surface area contributed by atoms with Crippen LogP contribution in [0.1, 0.15) is 40.1 Å². The van der Waals surface area contributed by atoms with Crippen LogP contribution in [0.5, 0.6) is 11.5 Å². The lowest BCUT2D eigenvalue weighted by molar-refractivity contribution is 0.101. The Morgan fingerprint density at radius 1 is 0.968 bits per heavy atom. The molecule has 31 heavy (non-hydrogen) atoms. The quantitative estimate of drug-likeness (QED) is 0.598. The maximum Gasteiger partial charge on any atom is 0.255 e. The highest BCUT2D eigenvalue weighted by Gasteiger charge is 2.23. The van der Waals surface area contributed by atoms with Crippen molar-refractivity contribution in [3.05, 3.63) is 83.4 Å². The van der Waals surface area contributed by atoms with Crippen LogP contribution in [0.4, 0.5) is 11.4 Å². The molecule has 4 rings (SSSR count). The standard InChI is InChI=1S/C25H24N2O4/c1-3-30-23-14-19-13-16(2)31-22(19)15-21(23)27-25(29)18-9-11-20(12-10-18)26-24(28)17-7-5-4-6-8-17/h4-12,14-16H,3,13H2,1-2H3,(H,26,28)(H,27,29). The summed E-state index contributed by atoms with van der Waals surface area (Å²) in [5.74, 6) is 0.920. The van der Waals surface area contributed by atoms with E-state index in [0.29, 0.717) is 34.9 Å². The lowest BCUT2D eigenvalue weighted by Gasteiger charge is -2.14. The molecule has 1 heterocycles. The van der Waals surface area contributed by atoms with Gasteiger partial charge in [-0.25, -0.2) is 0 Å². The zero-order valence-electron chi connectivity index (χ0n) is 17.5. The number of amides is 2. The summed E-state index contributed by atoms with van der Waals surface area (Å²) in [6.07, 6.45) is 0.925. The van der Waals surface area contributed by atoms with Crippen molar-refractivity contribution in [2.45, 2.75) is 26.4 Å². The normalized spacial score (nSPS) is 14.3. The highest BCUT2D eigenvalue weighted by Crippen LogP contribution is 2.38. The minimum Gasteiger partial charge on any atom is -0.492 e. The van der Waals surface area contributed by atoms with Gasteiger partial charge in [-0.15, -0.1) is 0 Å². The molecule has 2 N–H and O–H groups in total. The number of hydrogen-bond donors (Lipinski definition) is 2. The second-order valence-corrected chi connectivity index (χ2v) is 7.37. The van der Waals surface area contributed by atoms with Gasteiger partial charge in [0, 0.05) is 34.9 Å². The van der Waals surface area contributed by atoms with E-state index in [0.717, 1.165) is 17.7 Å². The largest absolute Gasteiger partial charge is 0.492 e.